The number of nitrogens with one attached hydrogen (secondary N) is 2. The lowest BCUT2D eigenvalue weighted by molar-refractivity contribution is -0.135. The van der Waals surface area contributed by atoms with E-state index >= 15 is 4.39 Å². The molecular weight excluding hydrogens is 475 g/mol. The Morgan fingerprint density at radius 2 is 1.89 bits per heavy atom. The van der Waals surface area contributed by atoms with Crippen LogP contribution in [0.25, 0.3) is 11.0 Å². The molecule has 3 aromatic heterocycles. The summed E-state index contributed by atoms with van der Waals surface area (Å²) in [4.78, 5) is 14.1. The highest BCUT2D eigenvalue weighted by Crippen LogP contribution is 2.26. The van der Waals surface area contributed by atoms with Gasteiger partial charge in [0.15, 0.2) is 11.5 Å². The van der Waals surface area contributed by atoms with Gasteiger partial charge in [0.25, 0.3) is 0 Å². The van der Waals surface area contributed by atoms with E-state index in [1.54, 1.807) is 24.8 Å². The molecule has 1 aliphatic rings. The van der Waals surface area contributed by atoms with Crippen molar-refractivity contribution in [2.45, 2.75) is 26.9 Å². The number of halogens is 3. The monoisotopic (exact) mass is 503 g/mol. The molecule has 10 nitrogen and oxygen atoms in total. The molecule has 1 aromatic carbocycles. The minimum Gasteiger partial charge on any atom is -0.367 e. The highest BCUT2D eigenvalue weighted by atomic mass is 19.3. The molecule has 5 rings (SSSR count). The third-order valence-corrected chi connectivity index (χ3v) is 5.53. The van der Waals surface area contributed by atoms with Gasteiger partial charge in [0.05, 0.1) is 42.2 Å². The number of nitrogens with zero attached hydrogens (tertiary/aromatic N) is 7. The molecule has 4 aromatic rings. The lowest BCUT2D eigenvalue weighted by atomic mass is 10.1. The van der Waals surface area contributed by atoms with Crippen molar-refractivity contribution < 1.29 is 18.2 Å². The fraction of sp³-hybridized carbons (Fsp3) is 0.391. The van der Waals surface area contributed by atoms with Gasteiger partial charge in [0, 0.05) is 50.2 Å². The van der Waals surface area contributed by atoms with Gasteiger partial charge in [-0.1, -0.05) is 13.8 Å². The van der Waals surface area contributed by atoms with Crippen molar-refractivity contribution in [3.8, 4) is 0 Å². The summed E-state index contributed by atoms with van der Waals surface area (Å²) in [5.41, 5.74) is 1.49. The van der Waals surface area contributed by atoms with E-state index in [1.807, 2.05) is 18.7 Å². The number of aromatic nitrogens is 6. The molecule has 0 bridgehead atoms. The van der Waals surface area contributed by atoms with Crippen LogP contribution in [0.2, 0.25) is 0 Å². The Hall–Kier alpha value is -3.71. The van der Waals surface area contributed by atoms with Gasteiger partial charge in [-0.2, -0.15) is 20.1 Å². The van der Waals surface area contributed by atoms with Crippen LogP contribution < -0.4 is 15.5 Å². The van der Waals surface area contributed by atoms with Crippen LogP contribution in [0.1, 0.15) is 19.4 Å². The van der Waals surface area contributed by atoms with Crippen LogP contribution in [0, 0.1) is 11.6 Å². The van der Waals surface area contributed by atoms with Gasteiger partial charge in [-0.05, 0) is 10.6 Å². The minimum absolute atomic E-state index is 0.00377. The third kappa shape index (κ3) is 5.74. The topological polar surface area (TPSA) is 98.0 Å². The zero-order chi connectivity index (χ0) is 25.5. The van der Waals surface area contributed by atoms with Crippen LogP contribution in [0.3, 0.4) is 0 Å². The van der Waals surface area contributed by atoms with Crippen molar-refractivity contribution in [3.63, 3.8) is 0 Å². The highest BCUT2D eigenvalue weighted by Gasteiger charge is 2.20. The van der Waals surface area contributed by atoms with Crippen LogP contribution >= 0.6 is 0 Å². The van der Waals surface area contributed by atoms with Gasteiger partial charge in [-0.3, -0.25) is 4.68 Å². The van der Waals surface area contributed by atoms with Crippen LogP contribution in [0.4, 0.5) is 30.6 Å². The van der Waals surface area contributed by atoms with E-state index in [9.17, 15) is 8.92 Å². The number of anilines is 3. The molecule has 0 saturated carbocycles. The second-order valence-electron chi connectivity index (χ2n) is 7.84. The molecule has 0 amide bonds. The molecule has 1 fully saturated rings. The smallest absolute Gasteiger partial charge is 0.229 e. The SMILES string of the molecule is CC.FOCCn1cc(Nc2ncc3cnn(Cc4cc(F)cc(N5CCNCC5)c4F)c3n2)cn1. The quantitative estimate of drug-likeness (QED) is 0.378. The Kier molecular flexibility index (Phi) is 8.33. The van der Waals surface area contributed by atoms with Gasteiger partial charge >= 0.3 is 0 Å². The zero-order valence-corrected chi connectivity index (χ0v) is 20.1. The van der Waals surface area contributed by atoms with Crippen molar-refractivity contribution in [2.24, 2.45) is 0 Å². The van der Waals surface area contributed by atoms with Crippen molar-refractivity contribution in [2.75, 3.05) is 43.0 Å². The predicted octanol–water partition coefficient (Wildman–Crippen LogP) is 3.43. The highest BCUT2D eigenvalue weighted by molar-refractivity contribution is 5.75. The van der Waals surface area contributed by atoms with E-state index in [4.69, 9.17) is 0 Å². The summed E-state index contributed by atoms with van der Waals surface area (Å²) in [6.45, 7) is 6.77. The van der Waals surface area contributed by atoms with E-state index in [0.717, 1.165) is 0 Å². The van der Waals surface area contributed by atoms with Crippen LogP contribution in [-0.2, 0) is 18.0 Å². The molecule has 1 aliphatic heterocycles. The molecule has 13 heteroatoms. The number of hydrogen-bond acceptors (Lipinski definition) is 8. The number of hydrogen-bond donors (Lipinski definition) is 2. The first-order valence-electron chi connectivity index (χ1n) is 11.8. The molecule has 0 aliphatic carbocycles. The molecule has 0 atom stereocenters. The van der Waals surface area contributed by atoms with Crippen LogP contribution in [0.5, 0.6) is 0 Å². The third-order valence-electron chi connectivity index (χ3n) is 5.53. The molecule has 36 heavy (non-hydrogen) atoms. The maximum Gasteiger partial charge on any atom is 0.229 e. The Morgan fingerprint density at radius 3 is 2.67 bits per heavy atom. The Labute approximate surface area is 206 Å². The number of rotatable bonds is 8. The van der Waals surface area contributed by atoms with E-state index < -0.39 is 11.6 Å². The average Bonchev–Trinajstić information content (AvgIpc) is 3.53. The Morgan fingerprint density at radius 1 is 1.08 bits per heavy atom. The standard InChI is InChI=1S/C21H22F3N9O.C2H6/c22-16-7-14(19(23)18(8-16)31-3-1-25-2-4-31)12-33-20-15(10-28-33)9-26-21(30-20)29-17-11-27-32(13-17)5-6-34-24;1-2/h7-11,13,25H,1-6,12H2,(H,26,29,30);1-2H3. The molecule has 4 heterocycles. The Balaban J connectivity index is 0.00000148. The van der Waals surface area contributed by atoms with Crippen molar-refractivity contribution >= 4 is 28.4 Å². The summed E-state index contributed by atoms with van der Waals surface area (Å²) in [5.74, 6) is -0.700. The lowest BCUT2D eigenvalue weighted by Crippen LogP contribution is -2.44. The van der Waals surface area contributed by atoms with Gasteiger partial charge < -0.3 is 15.5 Å². The van der Waals surface area contributed by atoms with Gasteiger partial charge in [-0.25, -0.2) is 18.4 Å². The maximum atomic E-state index is 15.3. The molecule has 1 saturated heterocycles. The first-order chi connectivity index (χ1) is 17.6. The normalized spacial score (nSPS) is 13.5. The van der Waals surface area contributed by atoms with E-state index in [1.165, 1.54) is 21.5 Å². The zero-order valence-electron chi connectivity index (χ0n) is 20.1. The summed E-state index contributed by atoms with van der Waals surface area (Å²) in [6, 6.07) is 2.42. The van der Waals surface area contributed by atoms with Crippen molar-refractivity contribution in [1.29, 1.82) is 0 Å². The predicted molar refractivity (Wildman–Crippen MR) is 130 cm³/mol. The summed E-state index contributed by atoms with van der Waals surface area (Å²) in [6.07, 6.45) is 6.36. The molecule has 0 spiro atoms. The maximum absolute atomic E-state index is 15.3. The van der Waals surface area contributed by atoms with Crippen molar-refractivity contribution in [1.82, 2.24) is 34.8 Å². The number of benzene rings is 1. The van der Waals surface area contributed by atoms with Crippen molar-refractivity contribution in [3.05, 3.63) is 54.1 Å². The first-order valence-corrected chi connectivity index (χ1v) is 11.8. The van der Waals surface area contributed by atoms with E-state index in [2.05, 4.69) is 35.7 Å². The number of fused-ring (bicyclic) bond motifs is 1. The van der Waals surface area contributed by atoms with Crippen LogP contribution in [0.15, 0.2) is 36.9 Å². The second kappa shape index (κ2) is 11.8. The average molecular weight is 504 g/mol. The minimum atomic E-state index is -0.506. The lowest BCUT2D eigenvalue weighted by Gasteiger charge is -2.30. The summed E-state index contributed by atoms with van der Waals surface area (Å²) in [5, 5.41) is 15.3. The molecule has 192 valence electrons. The largest absolute Gasteiger partial charge is 0.367 e. The summed E-state index contributed by atoms with van der Waals surface area (Å²) < 4.78 is 44.6. The molecule has 0 unspecified atom stereocenters. The summed E-state index contributed by atoms with van der Waals surface area (Å²) in [7, 11) is 0. The van der Waals surface area contributed by atoms with Gasteiger partial charge in [0.2, 0.25) is 5.95 Å². The molecule has 2 N–H and O–H groups in total. The fourth-order valence-electron chi connectivity index (χ4n) is 3.89. The van der Waals surface area contributed by atoms with E-state index in [-0.39, 0.29) is 36.9 Å². The van der Waals surface area contributed by atoms with Gasteiger partial charge in [0.1, 0.15) is 12.4 Å². The first kappa shape index (κ1) is 25.4. The number of piperazine rings is 1. The van der Waals surface area contributed by atoms with Gasteiger partial charge in [-0.15, -0.1) is 0 Å². The molecular formula is C23H28F3N9O. The fourth-order valence-corrected chi connectivity index (χ4v) is 3.89. The van der Waals surface area contributed by atoms with E-state index in [0.29, 0.717) is 42.9 Å². The molecule has 0 radical (unpaired) electrons. The second-order valence-corrected chi connectivity index (χ2v) is 7.84. The summed E-state index contributed by atoms with van der Waals surface area (Å²) >= 11 is 0. The Bertz CT molecular complexity index is 1290. The van der Waals surface area contributed by atoms with Crippen LogP contribution in [-0.4, -0.2) is 62.3 Å².